The van der Waals surface area contributed by atoms with Crippen LogP contribution in [0.4, 0.5) is 0 Å². The van der Waals surface area contributed by atoms with E-state index in [0.29, 0.717) is 16.6 Å². The Morgan fingerprint density at radius 1 is 1.35 bits per heavy atom. The number of benzene rings is 1. The van der Waals surface area contributed by atoms with E-state index in [1.54, 1.807) is 31.2 Å². The highest BCUT2D eigenvalue weighted by molar-refractivity contribution is 7.89. The quantitative estimate of drug-likeness (QED) is 0.899. The molecule has 23 heavy (non-hydrogen) atoms. The molecule has 0 bridgehead atoms. The van der Waals surface area contributed by atoms with Gasteiger partial charge in [0.25, 0.3) is 0 Å². The van der Waals surface area contributed by atoms with Gasteiger partial charge in [0.05, 0.1) is 18.7 Å². The smallest absolute Gasteiger partial charge is 0.324 e. The number of carboxylic acids is 1. The van der Waals surface area contributed by atoms with E-state index < -0.39 is 22.0 Å². The second-order valence-electron chi connectivity index (χ2n) is 5.33. The van der Waals surface area contributed by atoms with E-state index in [1.807, 2.05) is 0 Å². The molecule has 1 atom stereocenters. The van der Waals surface area contributed by atoms with Crippen LogP contribution < -0.4 is 0 Å². The molecule has 2 heterocycles. The molecule has 1 unspecified atom stereocenters. The van der Waals surface area contributed by atoms with Crippen LogP contribution in [0.25, 0.3) is 10.9 Å². The van der Waals surface area contributed by atoms with Gasteiger partial charge in [0.15, 0.2) is 0 Å². The molecule has 7 nitrogen and oxygen atoms in total. The van der Waals surface area contributed by atoms with Crippen molar-refractivity contribution in [2.45, 2.75) is 17.9 Å². The summed E-state index contributed by atoms with van der Waals surface area (Å²) in [6.45, 7) is 1.78. The normalized spacial score (nSPS) is 19.8. The molecule has 0 aliphatic carbocycles. The number of hydrogen-bond acceptors (Lipinski definition) is 5. The van der Waals surface area contributed by atoms with Crippen LogP contribution in [-0.4, -0.2) is 54.6 Å². The van der Waals surface area contributed by atoms with E-state index in [-0.39, 0.29) is 24.7 Å². The fourth-order valence-corrected chi connectivity index (χ4v) is 4.33. The maximum atomic E-state index is 13.0. The molecule has 8 heteroatoms. The maximum absolute atomic E-state index is 13.0. The van der Waals surface area contributed by atoms with Crippen molar-refractivity contribution in [3.8, 4) is 0 Å². The lowest BCUT2D eigenvalue weighted by Gasteiger charge is -2.31. The number of fused-ring (bicyclic) bond motifs is 1. The molecular formula is C15H16N2O5S. The summed E-state index contributed by atoms with van der Waals surface area (Å²) in [6, 6.07) is 7.22. The number of rotatable bonds is 3. The van der Waals surface area contributed by atoms with Crippen LogP contribution in [0.15, 0.2) is 35.2 Å². The van der Waals surface area contributed by atoms with Crippen molar-refractivity contribution in [2.75, 3.05) is 19.8 Å². The van der Waals surface area contributed by atoms with Gasteiger partial charge in [-0.15, -0.1) is 0 Å². The van der Waals surface area contributed by atoms with Crippen LogP contribution in [0, 0.1) is 6.92 Å². The van der Waals surface area contributed by atoms with Gasteiger partial charge in [-0.1, -0.05) is 18.2 Å². The van der Waals surface area contributed by atoms with E-state index in [9.17, 15) is 18.3 Å². The fraction of sp³-hybridized carbons (Fsp3) is 0.333. The Morgan fingerprint density at radius 3 is 2.87 bits per heavy atom. The Morgan fingerprint density at radius 2 is 2.13 bits per heavy atom. The molecule has 1 aliphatic heterocycles. The first kappa shape index (κ1) is 15.9. The largest absolute Gasteiger partial charge is 0.480 e. The number of carbonyl (C=O) groups is 1. The zero-order valence-corrected chi connectivity index (χ0v) is 13.3. The minimum Gasteiger partial charge on any atom is -0.480 e. The number of ether oxygens (including phenoxy) is 1. The zero-order chi connectivity index (χ0) is 16.6. The first-order chi connectivity index (χ1) is 10.9. The van der Waals surface area contributed by atoms with Gasteiger partial charge >= 0.3 is 5.97 Å². The third-order valence-electron chi connectivity index (χ3n) is 3.77. The second kappa shape index (κ2) is 5.88. The van der Waals surface area contributed by atoms with Crippen LogP contribution in [0.3, 0.4) is 0 Å². The van der Waals surface area contributed by atoms with Crippen molar-refractivity contribution in [3.63, 3.8) is 0 Å². The summed E-state index contributed by atoms with van der Waals surface area (Å²) < 4.78 is 32.1. The number of carboxylic acid groups (broad SMARTS) is 1. The van der Waals surface area contributed by atoms with Crippen LogP contribution in [0.2, 0.25) is 0 Å². The van der Waals surface area contributed by atoms with Crippen molar-refractivity contribution in [2.24, 2.45) is 0 Å². The topological polar surface area (TPSA) is 96.8 Å². The highest BCUT2D eigenvalue weighted by Gasteiger charge is 2.39. The molecule has 1 aromatic carbocycles. The molecule has 1 saturated heterocycles. The Bertz CT molecular complexity index is 865. The van der Waals surface area contributed by atoms with Crippen LogP contribution >= 0.6 is 0 Å². The Labute approximate surface area is 133 Å². The summed E-state index contributed by atoms with van der Waals surface area (Å²) in [5, 5.41) is 9.97. The average Bonchev–Trinajstić information content (AvgIpc) is 2.54. The summed E-state index contributed by atoms with van der Waals surface area (Å²) >= 11 is 0. The summed E-state index contributed by atoms with van der Waals surface area (Å²) in [7, 11) is -3.99. The summed E-state index contributed by atoms with van der Waals surface area (Å²) in [5.41, 5.74) is 1.04. The van der Waals surface area contributed by atoms with Crippen LogP contribution in [0.5, 0.6) is 0 Å². The predicted octanol–water partition coefficient (Wildman–Crippen LogP) is 1.02. The molecule has 1 aromatic heterocycles. The van der Waals surface area contributed by atoms with E-state index in [0.717, 1.165) is 4.31 Å². The predicted molar refractivity (Wildman–Crippen MR) is 82.6 cm³/mol. The van der Waals surface area contributed by atoms with Crippen molar-refractivity contribution < 1.29 is 23.1 Å². The maximum Gasteiger partial charge on any atom is 0.324 e. The zero-order valence-electron chi connectivity index (χ0n) is 12.5. The molecule has 122 valence electrons. The minimum absolute atomic E-state index is 0.00149. The van der Waals surface area contributed by atoms with Gasteiger partial charge in [-0.25, -0.2) is 8.42 Å². The third-order valence-corrected chi connectivity index (χ3v) is 5.71. The number of nitrogens with zero attached hydrogens (tertiary/aromatic N) is 2. The van der Waals surface area contributed by atoms with Crippen molar-refractivity contribution in [1.82, 2.24) is 9.29 Å². The molecule has 0 amide bonds. The fourth-order valence-electron chi connectivity index (χ4n) is 2.62. The number of morpholine rings is 1. The van der Waals surface area contributed by atoms with Crippen LogP contribution in [-0.2, 0) is 19.6 Å². The second-order valence-corrected chi connectivity index (χ2v) is 7.18. The number of hydrogen-bond donors (Lipinski definition) is 1. The minimum atomic E-state index is -3.99. The van der Waals surface area contributed by atoms with Crippen molar-refractivity contribution in [3.05, 3.63) is 36.0 Å². The van der Waals surface area contributed by atoms with Crippen molar-refractivity contribution in [1.29, 1.82) is 0 Å². The molecule has 3 rings (SSSR count). The third kappa shape index (κ3) is 2.80. The summed E-state index contributed by atoms with van der Waals surface area (Å²) in [4.78, 5) is 15.7. The van der Waals surface area contributed by atoms with Gasteiger partial charge in [-0.3, -0.25) is 9.78 Å². The summed E-state index contributed by atoms with van der Waals surface area (Å²) in [6.07, 6.45) is 0. The molecule has 1 N–H and O–H groups in total. The Hall–Kier alpha value is -2.03. The number of sulfonamides is 1. The number of aryl methyl sites for hydroxylation is 1. The van der Waals surface area contributed by atoms with E-state index in [4.69, 9.17) is 4.74 Å². The lowest BCUT2D eigenvalue weighted by Crippen LogP contribution is -2.52. The molecule has 2 aromatic rings. The average molecular weight is 336 g/mol. The highest BCUT2D eigenvalue weighted by Crippen LogP contribution is 2.27. The first-order valence-electron chi connectivity index (χ1n) is 7.10. The van der Waals surface area contributed by atoms with E-state index in [1.165, 1.54) is 6.07 Å². The Kier molecular flexibility index (Phi) is 4.05. The van der Waals surface area contributed by atoms with E-state index >= 15 is 0 Å². The lowest BCUT2D eigenvalue weighted by molar-refractivity contribution is -0.146. The molecular weight excluding hydrogens is 320 g/mol. The van der Waals surface area contributed by atoms with Crippen molar-refractivity contribution >= 4 is 26.9 Å². The Balaban J connectivity index is 2.16. The van der Waals surface area contributed by atoms with Gasteiger partial charge in [0, 0.05) is 17.6 Å². The monoisotopic (exact) mass is 336 g/mol. The number of para-hydroxylation sites is 1. The molecule has 1 aliphatic rings. The first-order valence-corrected chi connectivity index (χ1v) is 8.54. The van der Waals surface area contributed by atoms with Gasteiger partial charge in [-0.05, 0) is 19.1 Å². The number of aliphatic carboxylic acids is 1. The standard InChI is InChI=1S/C15H16N2O5S/c1-10-5-6-11-3-2-4-13(14(11)16-10)23(20,21)17-7-8-22-9-12(17)15(18)19/h2-6,12H,7-9H2,1H3,(H,18,19). The molecule has 0 spiro atoms. The van der Waals surface area contributed by atoms with Gasteiger partial charge in [0.1, 0.15) is 10.9 Å². The van der Waals surface area contributed by atoms with Gasteiger partial charge < -0.3 is 9.84 Å². The molecule has 1 fully saturated rings. The van der Waals surface area contributed by atoms with Gasteiger partial charge in [-0.2, -0.15) is 4.31 Å². The number of aromatic nitrogens is 1. The lowest BCUT2D eigenvalue weighted by atomic mass is 10.2. The SMILES string of the molecule is Cc1ccc2cccc(S(=O)(=O)N3CCOCC3C(=O)O)c2n1. The number of pyridine rings is 1. The molecule has 0 saturated carbocycles. The van der Waals surface area contributed by atoms with E-state index in [2.05, 4.69) is 4.98 Å². The van der Waals surface area contributed by atoms with Crippen LogP contribution in [0.1, 0.15) is 5.69 Å². The summed E-state index contributed by atoms with van der Waals surface area (Å²) in [5.74, 6) is -1.22. The van der Waals surface area contributed by atoms with Gasteiger partial charge in [0.2, 0.25) is 10.0 Å². The molecule has 0 radical (unpaired) electrons. The highest BCUT2D eigenvalue weighted by atomic mass is 32.2.